The molecule has 5 rings (SSSR count). The number of aliphatic hydroxyl groups is 1. The quantitative estimate of drug-likeness (QED) is 0.271. The van der Waals surface area contributed by atoms with Gasteiger partial charge in [0, 0.05) is 61.2 Å². The molecule has 1 aromatic heterocycles. The van der Waals surface area contributed by atoms with Crippen molar-refractivity contribution in [2.24, 2.45) is 0 Å². The Morgan fingerprint density at radius 2 is 1.90 bits per heavy atom. The number of rotatable bonds is 8. The predicted molar refractivity (Wildman–Crippen MR) is 154 cm³/mol. The molecule has 3 N–H and O–H groups in total. The number of amides is 1. The second-order valence-electron chi connectivity index (χ2n) is 9.75. The first kappa shape index (κ1) is 27.2. The lowest BCUT2D eigenvalue weighted by Crippen LogP contribution is -2.48. The first-order valence-electron chi connectivity index (χ1n) is 13.0. The molecule has 0 bridgehead atoms. The molecule has 0 saturated carbocycles. The molecule has 4 aromatic rings. The van der Waals surface area contributed by atoms with Crippen LogP contribution >= 0.6 is 0 Å². The molecule has 40 heavy (non-hydrogen) atoms. The van der Waals surface area contributed by atoms with Crippen molar-refractivity contribution in [2.75, 3.05) is 48.3 Å². The second-order valence-corrected chi connectivity index (χ2v) is 9.75. The van der Waals surface area contributed by atoms with E-state index in [1.165, 1.54) is 12.1 Å². The van der Waals surface area contributed by atoms with Gasteiger partial charge in [-0.1, -0.05) is 18.7 Å². The first-order valence-corrected chi connectivity index (χ1v) is 13.0. The van der Waals surface area contributed by atoms with Gasteiger partial charge in [-0.05, 0) is 61.0 Å². The summed E-state index contributed by atoms with van der Waals surface area (Å²) >= 11 is 0. The maximum absolute atomic E-state index is 15.1. The molecule has 2 heterocycles. The summed E-state index contributed by atoms with van der Waals surface area (Å²) in [4.78, 5) is 24.9. The molecule has 0 radical (unpaired) electrons. The number of hydrogen-bond donors (Lipinski definition) is 3. The Hall–Kier alpha value is -4.41. The molecular formula is C30H30F2N6O2. The summed E-state index contributed by atoms with van der Waals surface area (Å²) in [5, 5.41) is 15.8. The molecular weight excluding hydrogens is 514 g/mol. The van der Waals surface area contributed by atoms with Gasteiger partial charge in [-0.3, -0.25) is 9.69 Å². The molecule has 1 aliphatic rings. The Morgan fingerprint density at radius 1 is 1.10 bits per heavy atom. The number of β-amino-alcohol motifs (C(OH)–C–C–N with tert-alkyl or cyclic N) is 1. The third-order valence-electron chi connectivity index (χ3n) is 6.77. The van der Waals surface area contributed by atoms with Gasteiger partial charge in [-0.15, -0.1) is 0 Å². The van der Waals surface area contributed by atoms with Crippen LogP contribution in [0.5, 0.6) is 0 Å². The molecule has 1 aliphatic heterocycles. The molecule has 3 aromatic carbocycles. The van der Waals surface area contributed by atoms with Crippen LogP contribution in [-0.4, -0.2) is 64.7 Å². The van der Waals surface area contributed by atoms with Gasteiger partial charge in [-0.2, -0.15) is 0 Å². The van der Waals surface area contributed by atoms with E-state index in [9.17, 15) is 9.90 Å². The highest BCUT2D eigenvalue weighted by atomic mass is 19.1. The Labute approximate surface area is 231 Å². The fraction of sp³-hybridized carbons (Fsp3) is 0.233. The second kappa shape index (κ2) is 11.8. The SMILES string of the molecule is C=CC(=O)Nc1cccc(-c2c(F)ccc3cnc(Nc4ccc(N5CCN(CC(C)O)CC5)cc4F)nc23)c1. The third-order valence-corrected chi connectivity index (χ3v) is 6.77. The number of benzene rings is 3. The summed E-state index contributed by atoms with van der Waals surface area (Å²) in [7, 11) is 0. The standard InChI is InChI=1S/C30H30F2N6O2/c1-3-27(40)34-22-6-4-5-20(15-22)28-24(31)9-7-21-17-33-30(36-29(21)28)35-26-10-8-23(16-25(26)32)38-13-11-37(12-14-38)18-19(2)39/h3-10,15-17,19,39H,1,11-14,18H2,2H3,(H,34,40)(H,33,35,36). The van der Waals surface area contributed by atoms with E-state index >= 15 is 8.78 Å². The smallest absolute Gasteiger partial charge is 0.247 e. The van der Waals surface area contributed by atoms with E-state index in [1.54, 1.807) is 49.5 Å². The van der Waals surface area contributed by atoms with Crippen LogP contribution in [0.1, 0.15) is 6.92 Å². The minimum Gasteiger partial charge on any atom is -0.392 e. The lowest BCUT2D eigenvalue weighted by Gasteiger charge is -2.36. The van der Waals surface area contributed by atoms with Crippen LogP contribution in [-0.2, 0) is 4.79 Å². The highest BCUT2D eigenvalue weighted by Crippen LogP contribution is 2.33. The zero-order chi connectivity index (χ0) is 28.2. The number of nitrogens with zero attached hydrogens (tertiary/aromatic N) is 4. The van der Waals surface area contributed by atoms with Gasteiger partial charge < -0.3 is 20.6 Å². The van der Waals surface area contributed by atoms with Crippen LogP contribution in [0.2, 0.25) is 0 Å². The minimum atomic E-state index is -0.492. The molecule has 8 nitrogen and oxygen atoms in total. The molecule has 0 aliphatic carbocycles. The van der Waals surface area contributed by atoms with E-state index in [4.69, 9.17) is 0 Å². The maximum atomic E-state index is 15.1. The number of nitrogens with one attached hydrogen (secondary N) is 2. The van der Waals surface area contributed by atoms with Crippen LogP contribution in [0.4, 0.5) is 31.8 Å². The Kier molecular flexibility index (Phi) is 7.99. The average molecular weight is 545 g/mol. The number of carbonyl (C=O) groups excluding carboxylic acids is 1. The van der Waals surface area contributed by atoms with Crippen LogP contribution in [0.3, 0.4) is 0 Å². The maximum Gasteiger partial charge on any atom is 0.247 e. The lowest BCUT2D eigenvalue weighted by atomic mass is 10.0. The van der Waals surface area contributed by atoms with Crippen molar-refractivity contribution in [3.05, 3.63) is 85.1 Å². The Bertz CT molecular complexity index is 1550. The Balaban J connectivity index is 1.38. The van der Waals surface area contributed by atoms with Gasteiger partial charge in [0.2, 0.25) is 11.9 Å². The highest BCUT2D eigenvalue weighted by molar-refractivity contribution is 6.00. The molecule has 1 amide bonds. The number of hydrogen-bond acceptors (Lipinski definition) is 7. The number of anilines is 4. The molecule has 0 spiro atoms. The number of aromatic nitrogens is 2. The van der Waals surface area contributed by atoms with Crippen molar-refractivity contribution in [2.45, 2.75) is 13.0 Å². The number of piperazine rings is 1. The summed E-state index contributed by atoms with van der Waals surface area (Å²) in [6.45, 7) is 8.90. The summed E-state index contributed by atoms with van der Waals surface area (Å²) in [5.74, 6) is -1.21. The van der Waals surface area contributed by atoms with Gasteiger partial charge in [0.1, 0.15) is 11.6 Å². The molecule has 10 heteroatoms. The normalized spacial score (nSPS) is 14.7. The summed E-state index contributed by atoms with van der Waals surface area (Å²) < 4.78 is 30.3. The van der Waals surface area contributed by atoms with Crippen molar-refractivity contribution >= 4 is 39.8 Å². The van der Waals surface area contributed by atoms with Crippen LogP contribution in [0, 0.1) is 11.6 Å². The van der Waals surface area contributed by atoms with Crippen molar-refractivity contribution in [3.63, 3.8) is 0 Å². The fourth-order valence-electron chi connectivity index (χ4n) is 4.84. The zero-order valence-corrected chi connectivity index (χ0v) is 22.1. The number of fused-ring (bicyclic) bond motifs is 1. The monoisotopic (exact) mass is 544 g/mol. The number of carbonyl (C=O) groups is 1. The van der Waals surface area contributed by atoms with Gasteiger partial charge >= 0.3 is 0 Å². The van der Waals surface area contributed by atoms with Crippen LogP contribution in [0.25, 0.3) is 22.0 Å². The average Bonchev–Trinajstić information content (AvgIpc) is 2.94. The van der Waals surface area contributed by atoms with E-state index in [2.05, 4.69) is 37.0 Å². The topological polar surface area (TPSA) is 93.6 Å². The van der Waals surface area contributed by atoms with Crippen LogP contribution in [0.15, 0.2) is 73.4 Å². The zero-order valence-electron chi connectivity index (χ0n) is 22.1. The van der Waals surface area contributed by atoms with Gasteiger partial charge in [0.15, 0.2) is 0 Å². The van der Waals surface area contributed by atoms with Crippen molar-refractivity contribution in [3.8, 4) is 11.1 Å². The summed E-state index contributed by atoms with van der Waals surface area (Å²) in [6, 6.07) is 14.6. The molecule has 1 fully saturated rings. The lowest BCUT2D eigenvalue weighted by molar-refractivity contribution is -0.111. The van der Waals surface area contributed by atoms with Crippen molar-refractivity contribution < 1.29 is 18.7 Å². The first-order chi connectivity index (χ1) is 19.3. The number of halogens is 2. The van der Waals surface area contributed by atoms with E-state index in [0.717, 1.165) is 37.9 Å². The van der Waals surface area contributed by atoms with E-state index in [1.807, 2.05) is 6.07 Å². The molecule has 1 unspecified atom stereocenters. The summed E-state index contributed by atoms with van der Waals surface area (Å²) in [5.41, 5.74) is 2.55. The molecule has 206 valence electrons. The van der Waals surface area contributed by atoms with Crippen LogP contribution < -0.4 is 15.5 Å². The molecule has 1 saturated heterocycles. The number of aliphatic hydroxyl groups excluding tert-OH is 1. The summed E-state index contributed by atoms with van der Waals surface area (Å²) in [6.07, 6.45) is 2.33. The fourth-order valence-corrected chi connectivity index (χ4v) is 4.84. The van der Waals surface area contributed by atoms with Gasteiger partial charge in [-0.25, -0.2) is 18.7 Å². The highest BCUT2D eigenvalue weighted by Gasteiger charge is 2.20. The predicted octanol–water partition coefficient (Wildman–Crippen LogP) is 4.95. The Morgan fingerprint density at radius 3 is 2.62 bits per heavy atom. The van der Waals surface area contributed by atoms with Gasteiger partial charge in [0.25, 0.3) is 0 Å². The van der Waals surface area contributed by atoms with Crippen molar-refractivity contribution in [1.82, 2.24) is 14.9 Å². The van der Waals surface area contributed by atoms with Crippen molar-refractivity contribution in [1.29, 1.82) is 0 Å². The van der Waals surface area contributed by atoms with E-state index < -0.39 is 11.6 Å². The minimum absolute atomic E-state index is 0.119. The molecule has 1 atom stereocenters. The van der Waals surface area contributed by atoms with Gasteiger partial charge in [0.05, 0.1) is 17.3 Å². The third kappa shape index (κ3) is 6.08. The van der Waals surface area contributed by atoms with E-state index in [-0.39, 0.29) is 29.2 Å². The van der Waals surface area contributed by atoms with E-state index in [0.29, 0.717) is 28.7 Å². The largest absolute Gasteiger partial charge is 0.392 e.